The molecule has 1 unspecified atom stereocenters. The molecule has 0 spiro atoms. The molecule has 0 saturated heterocycles. The third kappa shape index (κ3) is 4.48. The van der Waals surface area contributed by atoms with E-state index < -0.39 is 17.7 Å². The van der Waals surface area contributed by atoms with Gasteiger partial charge in [-0.2, -0.15) is 5.10 Å². The molecular weight excluding hydrogens is 436 g/mol. The molecular formula is C22H21F2N5O4. The highest BCUT2D eigenvalue weighted by Gasteiger charge is 2.26. The molecule has 4 aromatic rings. The summed E-state index contributed by atoms with van der Waals surface area (Å²) in [5, 5.41) is 17.6. The zero-order valence-electron chi connectivity index (χ0n) is 18.0. The number of aromatic nitrogens is 4. The number of aliphatic hydroxyl groups is 1. The number of benzene rings is 2. The Kier molecular flexibility index (Phi) is 6.22. The van der Waals surface area contributed by atoms with Crippen molar-refractivity contribution in [2.24, 2.45) is 0 Å². The Bertz CT molecular complexity index is 1260. The minimum atomic E-state index is -0.851. The molecule has 2 N–H and O–H groups in total. The Morgan fingerprint density at radius 1 is 1.06 bits per heavy atom. The van der Waals surface area contributed by atoms with Gasteiger partial charge in [-0.25, -0.2) is 18.7 Å². The highest BCUT2D eigenvalue weighted by molar-refractivity contribution is 5.91. The summed E-state index contributed by atoms with van der Waals surface area (Å²) in [6.07, 6.45) is 2.20. The molecule has 0 aliphatic rings. The first kappa shape index (κ1) is 22.2. The lowest BCUT2D eigenvalue weighted by Crippen LogP contribution is -2.28. The zero-order chi connectivity index (χ0) is 23.5. The van der Waals surface area contributed by atoms with Crippen LogP contribution in [0.2, 0.25) is 0 Å². The molecule has 9 nitrogen and oxygen atoms in total. The molecule has 0 aliphatic heterocycles. The van der Waals surface area contributed by atoms with Crippen LogP contribution in [-0.2, 0) is 0 Å². The summed E-state index contributed by atoms with van der Waals surface area (Å²) in [7, 11) is 2.91. The van der Waals surface area contributed by atoms with E-state index in [9.17, 15) is 13.9 Å². The number of aromatic amines is 1. The average Bonchev–Trinajstić information content (AvgIpc) is 3.28. The molecule has 0 amide bonds. The molecule has 4 rings (SSSR count). The highest BCUT2D eigenvalue weighted by atomic mass is 19.1. The van der Waals surface area contributed by atoms with Crippen molar-refractivity contribution in [2.45, 2.75) is 13.0 Å². The minimum absolute atomic E-state index is 0.136. The van der Waals surface area contributed by atoms with E-state index >= 15 is 0 Å². The molecule has 33 heavy (non-hydrogen) atoms. The van der Waals surface area contributed by atoms with E-state index in [1.165, 1.54) is 38.7 Å². The lowest BCUT2D eigenvalue weighted by Gasteiger charge is -2.29. The topological polar surface area (TPSA) is 106 Å². The van der Waals surface area contributed by atoms with Gasteiger partial charge >= 0.3 is 0 Å². The van der Waals surface area contributed by atoms with Crippen LogP contribution in [-0.4, -0.2) is 52.1 Å². The smallest absolute Gasteiger partial charge is 0.168 e. The average molecular weight is 457 g/mol. The zero-order valence-corrected chi connectivity index (χ0v) is 18.0. The number of nitrogens with one attached hydrogen (secondary N) is 1. The van der Waals surface area contributed by atoms with Crippen molar-refractivity contribution in [1.82, 2.24) is 20.2 Å². The first-order valence-electron chi connectivity index (χ1n) is 9.90. The van der Waals surface area contributed by atoms with Crippen molar-refractivity contribution in [2.75, 3.05) is 25.7 Å². The summed E-state index contributed by atoms with van der Waals surface area (Å²) < 4.78 is 44.1. The molecule has 2 aromatic carbocycles. The van der Waals surface area contributed by atoms with Crippen molar-refractivity contribution in [3.63, 3.8) is 0 Å². The van der Waals surface area contributed by atoms with Crippen molar-refractivity contribution >= 4 is 22.5 Å². The summed E-state index contributed by atoms with van der Waals surface area (Å²) in [5.41, 5.74) is 0.967. The number of methoxy groups -OCH3 is 2. The lowest BCUT2D eigenvalue weighted by atomic mass is 10.2. The predicted molar refractivity (Wildman–Crippen MR) is 116 cm³/mol. The Labute approximate surface area is 187 Å². The molecule has 172 valence electrons. The fourth-order valence-electron chi connectivity index (χ4n) is 3.39. The molecule has 0 saturated carbocycles. The molecule has 0 radical (unpaired) electrons. The quantitative estimate of drug-likeness (QED) is 0.410. The fourth-order valence-corrected chi connectivity index (χ4v) is 3.39. The van der Waals surface area contributed by atoms with Gasteiger partial charge in [-0.3, -0.25) is 5.10 Å². The Morgan fingerprint density at radius 3 is 2.42 bits per heavy atom. The second-order valence-electron chi connectivity index (χ2n) is 7.14. The van der Waals surface area contributed by atoms with Gasteiger partial charge in [0.25, 0.3) is 0 Å². The van der Waals surface area contributed by atoms with Crippen LogP contribution in [0.3, 0.4) is 0 Å². The van der Waals surface area contributed by atoms with Crippen molar-refractivity contribution < 1.29 is 28.1 Å². The van der Waals surface area contributed by atoms with Crippen LogP contribution >= 0.6 is 0 Å². The Hall–Kier alpha value is -3.99. The van der Waals surface area contributed by atoms with Gasteiger partial charge in [0.05, 0.1) is 38.5 Å². The number of hydrogen-bond acceptors (Lipinski definition) is 8. The predicted octanol–water partition coefficient (Wildman–Crippen LogP) is 3.96. The van der Waals surface area contributed by atoms with Gasteiger partial charge in [-0.05, 0) is 19.1 Å². The van der Waals surface area contributed by atoms with Crippen molar-refractivity contribution in [3.05, 3.63) is 54.5 Å². The van der Waals surface area contributed by atoms with Crippen LogP contribution in [0, 0.1) is 11.6 Å². The van der Waals surface area contributed by atoms with Crippen molar-refractivity contribution in [1.29, 1.82) is 0 Å². The number of hydrogen-bond donors (Lipinski definition) is 2. The van der Waals surface area contributed by atoms with Gasteiger partial charge in [0.15, 0.2) is 17.2 Å². The van der Waals surface area contributed by atoms with Crippen LogP contribution < -0.4 is 19.1 Å². The van der Waals surface area contributed by atoms with E-state index in [0.29, 0.717) is 34.0 Å². The standard InChI is InChI=1S/C22H21F2N5O4/c1-12(30)10-29(22-15-9-27-28-21(15)25-11-26-22)20-18(31-2)7-14(8-19(20)32-3)33-17-5-4-13(23)6-16(17)24/h4-9,11-12,30H,10H2,1-3H3,(H,25,26,27,28). The number of ether oxygens (including phenoxy) is 3. The molecule has 11 heteroatoms. The maximum atomic E-state index is 14.1. The number of H-pyrrole nitrogens is 1. The summed E-state index contributed by atoms with van der Waals surface area (Å²) >= 11 is 0. The van der Waals surface area contributed by atoms with Gasteiger partial charge in [-0.1, -0.05) is 0 Å². The van der Waals surface area contributed by atoms with Crippen molar-refractivity contribution in [3.8, 4) is 23.0 Å². The SMILES string of the molecule is COc1cc(Oc2ccc(F)cc2F)cc(OC)c1N(CC(C)O)c1ncnc2[nH]ncc12. The molecule has 0 aliphatic carbocycles. The van der Waals surface area contributed by atoms with E-state index in [4.69, 9.17) is 14.2 Å². The van der Waals surface area contributed by atoms with E-state index in [1.807, 2.05) is 0 Å². The van der Waals surface area contributed by atoms with Crippen LogP contribution in [0.25, 0.3) is 11.0 Å². The first-order chi connectivity index (χ1) is 15.9. The van der Waals surface area contributed by atoms with Gasteiger partial charge < -0.3 is 24.2 Å². The Morgan fingerprint density at radius 2 is 1.79 bits per heavy atom. The van der Waals surface area contributed by atoms with E-state index in [0.717, 1.165) is 12.1 Å². The van der Waals surface area contributed by atoms with E-state index in [1.54, 1.807) is 18.0 Å². The number of nitrogens with zero attached hydrogens (tertiary/aromatic N) is 4. The summed E-state index contributed by atoms with van der Waals surface area (Å²) in [5.74, 6) is -0.447. The van der Waals surface area contributed by atoms with Gasteiger partial charge in [-0.15, -0.1) is 0 Å². The third-order valence-electron chi connectivity index (χ3n) is 4.77. The molecule has 2 heterocycles. The van der Waals surface area contributed by atoms with Crippen LogP contribution in [0.15, 0.2) is 42.9 Å². The number of fused-ring (bicyclic) bond motifs is 1. The van der Waals surface area contributed by atoms with Gasteiger partial charge in [0.1, 0.15) is 40.9 Å². The highest BCUT2D eigenvalue weighted by Crippen LogP contribution is 2.46. The number of aliphatic hydroxyl groups excluding tert-OH is 1. The van der Waals surface area contributed by atoms with Crippen LogP contribution in [0.5, 0.6) is 23.0 Å². The molecule has 0 fully saturated rings. The number of rotatable bonds is 8. The second kappa shape index (κ2) is 9.25. The third-order valence-corrected chi connectivity index (χ3v) is 4.77. The molecule has 2 aromatic heterocycles. The largest absolute Gasteiger partial charge is 0.494 e. The normalized spacial score (nSPS) is 11.9. The maximum absolute atomic E-state index is 14.1. The fraction of sp³-hybridized carbons (Fsp3) is 0.227. The number of halogens is 2. The monoisotopic (exact) mass is 457 g/mol. The first-order valence-corrected chi connectivity index (χ1v) is 9.90. The van der Waals surface area contributed by atoms with Gasteiger partial charge in [0.2, 0.25) is 0 Å². The van der Waals surface area contributed by atoms with E-state index in [2.05, 4.69) is 20.2 Å². The molecule has 0 bridgehead atoms. The van der Waals surface area contributed by atoms with E-state index in [-0.39, 0.29) is 18.0 Å². The lowest BCUT2D eigenvalue weighted by molar-refractivity contribution is 0.202. The number of anilines is 2. The summed E-state index contributed by atoms with van der Waals surface area (Å²) in [6, 6.07) is 6.07. The maximum Gasteiger partial charge on any atom is 0.168 e. The van der Waals surface area contributed by atoms with Crippen LogP contribution in [0.4, 0.5) is 20.3 Å². The Balaban J connectivity index is 1.84. The minimum Gasteiger partial charge on any atom is -0.494 e. The second-order valence-corrected chi connectivity index (χ2v) is 7.14. The summed E-state index contributed by atoms with van der Waals surface area (Å²) in [6.45, 7) is 1.77. The van der Waals surface area contributed by atoms with Gasteiger partial charge in [0, 0.05) is 18.2 Å². The molecule has 1 atom stereocenters. The summed E-state index contributed by atoms with van der Waals surface area (Å²) in [4.78, 5) is 10.3. The van der Waals surface area contributed by atoms with Crippen LogP contribution in [0.1, 0.15) is 6.92 Å².